The Balaban J connectivity index is 3.30. The van der Waals surface area contributed by atoms with Gasteiger partial charge in [0.2, 0.25) is 10.0 Å². The maximum absolute atomic E-state index is 12.6. The summed E-state index contributed by atoms with van der Waals surface area (Å²) in [5.74, 6) is 0.176. The maximum atomic E-state index is 12.6. The highest BCUT2D eigenvalue weighted by Gasteiger charge is 2.39. The Hall–Kier alpha value is -0.310. The van der Waals surface area contributed by atoms with Gasteiger partial charge in [-0.15, -0.1) is 11.6 Å². The van der Waals surface area contributed by atoms with Crippen LogP contribution in [0.4, 0.5) is 13.2 Å². The maximum Gasteiger partial charge on any atom is 0.402 e. The van der Waals surface area contributed by atoms with Gasteiger partial charge in [-0.3, -0.25) is 0 Å². The second-order valence-electron chi connectivity index (χ2n) is 4.66. The second-order valence-corrected chi connectivity index (χ2v) is 7.64. The lowest BCUT2D eigenvalue weighted by Gasteiger charge is -2.27. The van der Waals surface area contributed by atoms with Crippen molar-refractivity contribution in [3.05, 3.63) is 28.2 Å². The van der Waals surface area contributed by atoms with Gasteiger partial charge in [-0.25, -0.2) is 8.42 Å². The van der Waals surface area contributed by atoms with E-state index >= 15 is 0 Å². The predicted octanol–water partition coefficient (Wildman–Crippen LogP) is 4.15. The highest BCUT2D eigenvalue weighted by molar-refractivity contribution is 9.10. The molecular weight excluding hydrogens is 395 g/mol. The minimum Gasteiger partial charge on any atom is -0.207 e. The summed E-state index contributed by atoms with van der Waals surface area (Å²) in [7, 11) is -4.27. The van der Waals surface area contributed by atoms with E-state index in [1.165, 1.54) is 32.0 Å². The molecule has 0 aliphatic heterocycles. The molecule has 120 valence electrons. The Bertz CT molecular complexity index is 605. The minimum absolute atomic E-state index is 0.176. The van der Waals surface area contributed by atoms with E-state index in [1.807, 2.05) is 0 Å². The molecule has 1 rings (SSSR count). The van der Waals surface area contributed by atoms with Crippen LogP contribution in [-0.4, -0.2) is 31.5 Å². The zero-order valence-corrected chi connectivity index (χ0v) is 14.4. The number of halogens is 5. The van der Waals surface area contributed by atoms with Gasteiger partial charge in [0.25, 0.3) is 0 Å². The van der Waals surface area contributed by atoms with Gasteiger partial charge in [-0.05, 0) is 47.5 Å². The third-order valence-electron chi connectivity index (χ3n) is 2.65. The van der Waals surface area contributed by atoms with Gasteiger partial charge >= 0.3 is 6.18 Å². The summed E-state index contributed by atoms with van der Waals surface area (Å²) in [6.45, 7) is 1.26. The minimum atomic E-state index is -4.61. The average molecular weight is 409 g/mol. The van der Waals surface area contributed by atoms with Gasteiger partial charge in [0.05, 0.1) is 4.90 Å². The molecule has 0 saturated carbocycles. The van der Waals surface area contributed by atoms with E-state index < -0.39 is 28.8 Å². The molecule has 0 aliphatic rings. The van der Waals surface area contributed by atoms with Gasteiger partial charge in [0.15, 0.2) is 0 Å². The molecule has 0 fully saturated rings. The number of alkyl halides is 4. The number of nitrogens with zero attached hydrogens (tertiary/aromatic N) is 1. The highest BCUT2D eigenvalue weighted by Crippen LogP contribution is 2.30. The van der Waals surface area contributed by atoms with Gasteiger partial charge in [-0.2, -0.15) is 17.5 Å². The zero-order valence-electron chi connectivity index (χ0n) is 11.3. The normalized spacial score (nSPS) is 13.2. The molecular formula is C12H14BrClF3NO2S. The molecule has 0 bridgehead atoms. The van der Waals surface area contributed by atoms with Crippen LogP contribution < -0.4 is 0 Å². The largest absolute Gasteiger partial charge is 0.402 e. The van der Waals surface area contributed by atoms with E-state index in [2.05, 4.69) is 15.9 Å². The van der Waals surface area contributed by atoms with Crippen LogP contribution in [0, 0.1) is 0 Å². The van der Waals surface area contributed by atoms with Gasteiger partial charge < -0.3 is 0 Å². The number of hydrogen-bond acceptors (Lipinski definition) is 2. The van der Waals surface area contributed by atoms with Crippen LogP contribution in [0.3, 0.4) is 0 Å². The Labute approximate surface area is 135 Å². The molecule has 0 atom stereocenters. The van der Waals surface area contributed by atoms with Gasteiger partial charge in [-0.1, -0.05) is 6.07 Å². The van der Waals surface area contributed by atoms with E-state index in [9.17, 15) is 21.6 Å². The Morgan fingerprint density at radius 3 is 2.29 bits per heavy atom. The Morgan fingerprint density at radius 2 is 1.90 bits per heavy atom. The average Bonchev–Trinajstić information content (AvgIpc) is 2.33. The van der Waals surface area contributed by atoms with Crippen molar-refractivity contribution in [3.63, 3.8) is 0 Å². The molecule has 21 heavy (non-hydrogen) atoms. The third-order valence-corrected chi connectivity index (χ3v) is 5.96. The Morgan fingerprint density at radius 1 is 1.33 bits per heavy atom. The molecule has 0 spiro atoms. The summed E-state index contributed by atoms with van der Waals surface area (Å²) in [6.07, 6.45) is -4.61. The van der Waals surface area contributed by atoms with Crippen LogP contribution in [0.15, 0.2) is 27.6 Å². The number of hydrogen-bond donors (Lipinski definition) is 0. The molecule has 0 unspecified atom stereocenters. The van der Waals surface area contributed by atoms with Gasteiger partial charge in [0, 0.05) is 16.4 Å². The van der Waals surface area contributed by atoms with Crippen molar-refractivity contribution in [1.29, 1.82) is 0 Å². The molecule has 1 aromatic carbocycles. The topological polar surface area (TPSA) is 37.4 Å². The lowest BCUT2D eigenvalue weighted by molar-refractivity contribution is -0.138. The summed E-state index contributed by atoms with van der Waals surface area (Å²) in [5.41, 5.74) is 0.661. The first-order valence-corrected chi connectivity index (χ1v) is 8.69. The van der Waals surface area contributed by atoms with E-state index in [1.54, 1.807) is 0 Å². The standard InChI is InChI=1S/C12H14BrClF3NO2S/c1-8(2)18(7-12(15,16)17)21(19,20)11-4-3-9(6-14)5-10(11)13/h3-5,8H,6-7H2,1-2H3. The van der Waals surface area contributed by atoms with E-state index in [0.29, 0.717) is 9.87 Å². The molecule has 1 aromatic rings. The number of rotatable bonds is 5. The van der Waals surface area contributed by atoms with Crippen LogP contribution in [0.1, 0.15) is 19.4 Å². The molecule has 0 heterocycles. The fourth-order valence-electron chi connectivity index (χ4n) is 1.68. The summed E-state index contributed by atoms with van der Waals surface area (Å²) in [6, 6.07) is 3.38. The second kappa shape index (κ2) is 6.85. The van der Waals surface area contributed by atoms with Gasteiger partial charge in [0.1, 0.15) is 6.54 Å². The highest BCUT2D eigenvalue weighted by atomic mass is 79.9. The molecule has 0 saturated heterocycles. The quantitative estimate of drug-likeness (QED) is 0.687. The van der Waals surface area contributed by atoms with E-state index in [4.69, 9.17) is 11.6 Å². The molecule has 0 aliphatic carbocycles. The first-order chi connectivity index (χ1) is 9.49. The SMILES string of the molecule is CC(C)N(CC(F)(F)F)S(=O)(=O)c1ccc(CCl)cc1Br. The van der Waals surface area contributed by atoms with Crippen LogP contribution in [0.5, 0.6) is 0 Å². The third kappa shape index (κ3) is 4.84. The van der Waals surface area contributed by atoms with Crippen molar-refractivity contribution in [2.75, 3.05) is 6.54 Å². The van der Waals surface area contributed by atoms with Crippen molar-refractivity contribution in [3.8, 4) is 0 Å². The van der Waals surface area contributed by atoms with E-state index in [-0.39, 0.29) is 15.2 Å². The lowest BCUT2D eigenvalue weighted by atomic mass is 10.2. The summed E-state index contributed by atoms with van der Waals surface area (Å²) >= 11 is 8.71. The molecule has 0 N–H and O–H groups in total. The fourth-order valence-corrected chi connectivity index (χ4v) is 4.56. The molecule has 3 nitrogen and oxygen atoms in total. The summed E-state index contributed by atoms with van der Waals surface area (Å²) in [5, 5.41) is 0. The fraction of sp³-hybridized carbons (Fsp3) is 0.500. The monoisotopic (exact) mass is 407 g/mol. The van der Waals surface area contributed by atoms with Crippen LogP contribution in [0.2, 0.25) is 0 Å². The number of sulfonamides is 1. The van der Waals surface area contributed by atoms with Crippen molar-refractivity contribution in [2.45, 2.75) is 36.8 Å². The van der Waals surface area contributed by atoms with Crippen molar-refractivity contribution in [2.24, 2.45) is 0 Å². The molecule has 0 aromatic heterocycles. The van der Waals surface area contributed by atoms with Crippen LogP contribution in [0.25, 0.3) is 0 Å². The van der Waals surface area contributed by atoms with Crippen LogP contribution in [-0.2, 0) is 15.9 Å². The van der Waals surface area contributed by atoms with Crippen molar-refractivity contribution < 1.29 is 21.6 Å². The Kier molecular flexibility index (Phi) is 6.11. The molecule has 0 amide bonds. The predicted molar refractivity (Wildman–Crippen MR) is 78.8 cm³/mol. The summed E-state index contributed by atoms with van der Waals surface area (Å²) < 4.78 is 63.3. The summed E-state index contributed by atoms with van der Waals surface area (Å²) in [4.78, 5) is -0.214. The van der Waals surface area contributed by atoms with E-state index in [0.717, 1.165) is 0 Å². The first kappa shape index (κ1) is 18.7. The smallest absolute Gasteiger partial charge is 0.207 e. The molecule has 9 heteroatoms. The van der Waals surface area contributed by atoms with Crippen molar-refractivity contribution >= 4 is 37.6 Å². The first-order valence-electron chi connectivity index (χ1n) is 5.92. The van der Waals surface area contributed by atoms with Crippen molar-refractivity contribution in [1.82, 2.24) is 4.31 Å². The number of benzene rings is 1. The lowest BCUT2D eigenvalue weighted by Crippen LogP contribution is -2.43. The van der Waals surface area contributed by atoms with Crippen LogP contribution >= 0.6 is 27.5 Å². The molecule has 0 radical (unpaired) electrons. The zero-order chi connectivity index (χ0) is 16.4.